The average molecular weight is 205 g/mol. The van der Waals surface area contributed by atoms with E-state index >= 15 is 0 Å². The van der Waals surface area contributed by atoms with E-state index in [9.17, 15) is 0 Å². The molecule has 0 aromatic heterocycles. The summed E-state index contributed by atoms with van der Waals surface area (Å²) in [7, 11) is 0. The van der Waals surface area contributed by atoms with Crippen LogP contribution in [0.4, 0.5) is 0 Å². The first kappa shape index (κ1) is 12.3. The molecular formula is C14H23N. The van der Waals surface area contributed by atoms with E-state index in [2.05, 4.69) is 63.4 Å². The highest BCUT2D eigenvalue weighted by Crippen LogP contribution is 2.24. The summed E-state index contributed by atoms with van der Waals surface area (Å²) in [6.45, 7) is 11.0. The van der Waals surface area contributed by atoms with Gasteiger partial charge in [0.25, 0.3) is 0 Å². The Labute approximate surface area is 94.0 Å². The SMILES string of the molecule is CCNC[C@H](C)C1=CC=CC(C)(C)C=C1. The molecule has 0 aliphatic heterocycles. The lowest BCUT2D eigenvalue weighted by Crippen LogP contribution is -2.21. The third kappa shape index (κ3) is 4.05. The van der Waals surface area contributed by atoms with Gasteiger partial charge >= 0.3 is 0 Å². The minimum atomic E-state index is 0.191. The zero-order valence-electron chi connectivity index (χ0n) is 10.4. The third-order valence-corrected chi connectivity index (χ3v) is 2.79. The summed E-state index contributed by atoms with van der Waals surface area (Å²) < 4.78 is 0. The highest BCUT2D eigenvalue weighted by Gasteiger charge is 2.12. The molecule has 0 fully saturated rings. The molecular weight excluding hydrogens is 182 g/mol. The Hall–Kier alpha value is -0.820. The molecule has 0 bridgehead atoms. The lowest BCUT2D eigenvalue weighted by Gasteiger charge is -2.14. The molecule has 0 amide bonds. The van der Waals surface area contributed by atoms with Crippen molar-refractivity contribution in [2.75, 3.05) is 13.1 Å². The van der Waals surface area contributed by atoms with Crippen LogP contribution in [0, 0.1) is 11.3 Å². The summed E-state index contributed by atoms with van der Waals surface area (Å²) in [5.74, 6) is 0.583. The zero-order valence-corrected chi connectivity index (χ0v) is 10.4. The van der Waals surface area contributed by atoms with Gasteiger partial charge in [0, 0.05) is 12.0 Å². The fourth-order valence-electron chi connectivity index (χ4n) is 1.64. The second-order valence-electron chi connectivity index (χ2n) is 4.89. The van der Waals surface area contributed by atoms with Gasteiger partial charge < -0.3 is 5.32 Å². The van der Waals surface area contributed by atoms with E-state index in [4.69, 9.17) is 0 Å². The highest BCUT2D eigenvalue weighted by molar-refractivity contribution is 5.32. The smallest absolute Gasteiger partial charge is 0.00173 e. The average Bonchev–Trinajstić information content (AvgIpc) is 2.36. The molecule has 15 heavy (non-hydrogen) atoms. The van der Waals surface area contributed by atoms with Gasteiger partial charge in [-0.1, -0.05) is 58.1 Å². The van der Waals surface area contributed by atoms with Crippen molar-refractivity contribution >= 4 is 0 Å². The second-order valence-corrected chi connectivity index (χ2v) is 4.89. The molecule has 1 atom stereocenters. The molecule has 1 aliphatic rings. The predicted octanol–water partition coefficient (Wildman–Crippen LogP) is 3.31. The van der Waals surface area contributed by atoms with Gasteiger partial charge in [-0.25, -0.2) is 0 Å². The van der Waals surface area contributed by atoms with E-state index in [-0.39, 0.29) is 5.41 Å². The molecule has 0 spiro atoms. The van der Waals surface area contributed by atoms with Gasteiger partial charge in [0.15, 0.2) is 0 Å². The molecule has 0 saturated carbocycles. The van der Waals surface area contributed by atoms with Crippen molar-refractivity contribution in [2.45, 2.75) is 27.7 Å². The maximum Gasteiger partial charge on any atom is 0.00173 e. The summed E-state index contributed by atoms with van der Waals surface area (Å²) in [6, 6.07) is 0. The van der Waals surface area contributed by atoms with E-state index in [0.717, 1.165) is 13.1 Å². The van der Waals surface area contributed by atoms with Crippen molar-refractivity contribution in [3.8, 4) is 0 Å². The fraction of sp³-hybridized carbons (Fsp3) is 0.571. The number of nitrogens with one attached hydrogen (secondary N) is 1. The summed E-state index contributed by atoms with van der Waals surface area (Å²) in [5, 5.41) is 3.39. The van der Waals surface area contributed by atoms with Crippen molar-refractivity contribution in [1.82, 2.24) is 5.32 Å². The van der Waals surface area contributed by atoms with E-state index in [1.165, 1.54) is 5.57 Å². The van der Waals surface area contributed by atoms with Crippen molar-refractivity contribution in [3.63, 3.8) is 0 Å². The van der Waals surface area contributed by atoms with Crippen LogP contribution in [0.2, 0.25) is 0 Å². The molecule has 0 unspecified atom stereocenters. The van der Waals surface area contributed by atoms with E-state index < -0.39 is 0 Å². The largest absolute Gasteiger partial charge is 0.316 e. The molecule has 0 heterocycles. The number of hydrogen-bond acceptors (Lipinski definition) is 1. The predicted molar refractivity (Wildman–Crippen MR) is 67.9 cm³/mol. The summed E-state index contributed by atoms with van der Waals surface area (Å²) in [6.07, 6.45) is 11.2. The molecule has 0 aromatic carbocycles. The second kappa shape index (κ2) is 5.32. The molecule has 0 radical (unpaired) electrons. The van der Waals surface area contributed by atoms with Crippen molar-refractivity contribution < 1.29 is 0 Å². The van der Waals surface area contributed by atoms with Gasteiger partial charge in [-0.05, 0) is 18.0 Å². The van der Waals surface area contributed by atoms with Gasteiger partial charge in [-0.3, -0.25) is 0 Å². The summed E-state index contributed by atoms with van der Waals surface area (Å²) >= 11 is 0. The van der Waals surface area contributed by atoms with Crippen molar-refractivity contribution in [1.29, 1.82) is 0 Å². The fourth-order valence-corrected chi connectivity index (χ4v) is 1.64. The van der Waals surface area contributed by atoms with Crippen LogP contribution in [0.5, 0.6) is 0 Å². The zero-order chi connectivity index (χ0) is 11.3. The Morgan fingerprint density at radius 1 is 1.33 bits per heavy atom. The summed E-state index contributed by atoms with van der Waals surface area (Å²) in [5.41, 5.74) is 1.61. The maximum atomic E-state index is 3.39. The van der Waals surface area contributed by atoms with Crippen LogP contribution in [0.15, 0.2) is 36.0 Å². The van der Waals surface area contributed by atoms with Gasteiger partial charge in [-0.2, -0.15) is 0 Å². The topological polar surface area (TPSA) is 12.0 Å². The Bertz CT molecular complexity index is 282. The minimum absolute atomic E-state index is 0.191. The molecule has 0 saturated heterocycles. The molecule has 1 N–H and O–H groups in total. The normalized spacial score (nSPS) is 20.9. The molecule has 1 aliphatic carbocycles. The number of allylic oxidation sites excluding steroid dienone is 5. The van der Waals surface area contributed by atoms with Crippen LogP contribution >= 0.6 is 0 Å². The van der Waals surface area contributed by atoms with E-state index in [1.807, 2.05) is 0 Å². The van der Waals surface area contributed by atoms with Crippen LogP contribution in [0.3, 0.4) is 0 Å². The lowest BCUT2D eigenvalue weighted by molar-refractivity contribution is 0.592. The lowest BCUT2D eigenvalue weighted by atomic mass is 9.92. The number of rotatable bonds is 4. The Kier molecular flexibility index (Phi) is 4.34. The highest BCUT2D eigenvalue weighted by atomic mass is 14.8. The maximum absolute atomic E-state index is 3.39. The molecule has 1 rings (SSSR count). The van der Waals surface area contributed by atoms with E-state index in [0.29, 0.717) is 5.92 Å². The first-order chi connectivity index (χ1) is 7.05. The van der Waals surface area contributed by atoms with Crippen LogP contribution < -0.4 is 5.32 Å². The monoisotopic (exact) mass is 205 g/mol. The van der Waals surface area contributed by atoms with Gasteiger partial charge in [0.05, 0.1) is 0 Å². The minimum Gasteiger partial charge on any atom is -0.316 e. The van der Waals surface area contributed by atoms with Crippen LogP contribution in [-0.4, -0.2) is 13.1 Å². The summed E-state index contributed by atoms with van der Waals surface area (Å²) in [4.78, 5) is 0. The van der Waals surface area contributed by atoms with Gasteiger partial charge in [0.2, 0.25) is 0 Å². The van der Waals surface area contributed by atoms with Crippen LogP contribution in [0.1, 0.15) is 27.7 Å². The first-order valence-corrected chi connectivity index (χ1v) is 5.84. The first-order valence-electron chi connectivity index (χ1n) is 5.84. The molecule has 0 aromatic rings. The third-order valence-electron chi connectivity index (χ3n) is 2.79. The van der Waals surface area contributed by atoms with Crippen molar-refractivity contribution in [2.24, 2.45) is 11.3 Å². The molecule has 84 valence electrons. The van der Waals surface area contributed by atoms with Gasteiger partial charge in [-0.15, -0.1) is 0 Å². The molecule has 1 nitrogen and oxygen atoms in total. The van der Waals surface area contributed by atoms with Gasteiger partial charge in [0.1, 0.15) is 0 Å². The van der Waals surface area contributed by atoms with Crippen LogP contribution in [0.25, 0.3) is 0 Å². The Morgan fingerprint density at radius 3 is 2.73 bits per heavy atom. The van der Waals surface area contributed by atoms with Crippen molar-refractivity contribution in [3.05, 3.63) is 36.0 Å². The Morgan fingerprint density at radius 2 is 2.07 bits per heavy atom. The Balaban J connectivity index is 2.64. The quantitative estimate of drug-likeness (QED) is 0.742. The van der Waals surface area contributed by atoms with E-state index in [1.54, 1.807) is 0 Å². The van der Waals surface area contributed by atoms with Crippen LogP contribution in [-0.2, 0) is 0 Å². The number of hydrogen-bond donors (Lipinski definition) is 1. The standard InChI is InChI=1S/C14H23N/c1-5-15-11-12(2)13-7-6-9-14(3,4)10-8-13/h6-10,12,15H,5,11H2,1-4H3/t12-/m0/s1. The molecule has 1 heteroatoms.